The number of hydrogen-bond acceptors (Lipinski definition) is 5. The van der Waals surface area contributed by atoms with E-state index in [9.17, 15) is 23.9 Å². The Labute approximate surface area is 261 Å². The molecule has 3 N–H and O–H groups in total. The molecule has 1 aliphatic rings. The first kappa shape index (κ1) is 31.5. The van der Waals surface area contributed by atoms with Crippen LogP contribution >= 0.6 is 0 Å². The van der Waals surface area contributed by atoms with Gasteiger partial charge in [0.2, 0.25) is 5.91 Å². The molecule has 3 aromatic carbocycles. The van der Waals surface area contributed by atoms with Crippen LogP contribution in [-0.2, 0) is 18.3 Å². The Balaban J connectivity index is 1.36. The van der Waals surface area contributed by atoms with Gasteiger partial charge in [0.25, 0.3) is 5.91 Å². The van der Waals surface area contributed by atoms with E-state index in [2.05, 4.69) is 10.6 Å². The van der Waals surface area contributed by atoms with Gasteiger partial charge in [-0.15, -0.1) is 0 Å². The number of urea groups is 1. The number of carbonyl (C=O) groups excluding carboxylic acids is 3. The number of aliphatic hydroxyl groups is 1. The summed E-state index contributed by atoms with van der Waals surface area (Å²) in [6.07, 6.45) is 1.58. The summed E-state index contributed by atoms with van der Waals surface area (Å²) in [6, 6.07) is 17.4. The number of benzene rings is 3. The van der Waals surface area contributed by atoms with Gasteiger partial charge in [-0.3, -0.25) is 9.59 Å². The molecule has 0 saturated carbocycles. The molecular formula is C34H38FN5O5. The zero-order valence-corrected chi connectivity index (χ0v) is 25.8. The number of nitrogens with one attached hydrogen (secondary N) is 2. The number of nitrogens with zero attached hydrogens (tertiary/aromatic N) is 3. The van der Waals surface area contributed by atoms with E-state index in [1.807, 2.05) is 49.0 Å². The second kappa shape index (κ2) is 13.4. The predicted molar refractivity (Wildman–Crippen MR) is 171 cm³/mol. The number of likely N-dealkylation sites (N-methyl/N-ethyl adjacent to an activating group) is 1. The van der Waals surface area contributed by atoms with E-state index in [0.717, 1.165) is 16.5 Å². The summed E-state index contributed by atoms with van der Waals surface area (Å²) in [5.41, 5.74) is 3.06. The van der Waals surface area contributed by atoms with Gasteiger partial charge < -0.3 is 34.8 Å². The molecular weight excluding hydrogens is 577 g/mol. The summed E-state index contributed by atoms with van der Waals surface area (Å²) < 4.78 is 21.7. The number of halogens is 1. The van der Waals surface area contributed by atoms with Crippen LogP contribution in [0.4, 0.5) is 20.6 Å². The molecule has 1 aliphatic heterocycles. The number of aromatic nitrogens is 1. The highest BCUT2D eigenvalue weighted by Crippen LogP contribution is 2.31. The minimum atomic E-state index is -0.513. The van der Waals surface area contributed by atoms with Crippen molar-refractivity contribution in [3.8, 4) is 5.75 Å². The van der Waals surface area contributed by atoms with Crippen LogP contribution in [0.1, 0.15) is 29.8 Å². The van der Waals surface area contributed by atoms with E-state index in [-0.39, 0.29) is 49.4 Å². The van der Waals surface area contributed by atoms with Crippen LogP contribution < -0.4 is 15.4 Å². The van der Waals surface area contributed by atoms with Crippen LogP contribution in [0.15, 0.2) is 72.9 Å². The fourth-order valence-corrected chi connectivity index (χ4v) is 5.57. The van der Waals surface area contributed by atoms with Gasteiger partial charge in [-0.2, -0.15) is 0 Å². The summed E-state index contributed by atoms with van der Waals surface area (Å²) in [4.78, 5) is 42.9. The van der Waals surface area contributed by atoms with E-state index in [4.69, 9.17) is 4.74 Å². The molecule has 236 valence electrons. The number of carbonyl (C=O) groups is 3. The first-order valence-corrected chi connectivity index (χ1v) is 14.9. The predicted octanol–water partition coefficient (Wildman–Crippen LogP) is 4.88. The lowest BCUT2D eigenvalue weighted by Gasteiger charge is -2.38. The molecule has 3 atom stereocenters. The highest BCUT2D eigenvalue weighted by molar-refractivity contribution is 6.01. The topological polar surface area (TPSA) is 116 Å². The molecule has 0 aliphatic carbocycles. The molecule has 0 spiro atoms. The molecule has 0 fully saturated rings. The standard InChI is InChI=1S/C34H38FN5O5/c1-21-17-40(22(2)20-41)33(43)28-16-26(36-32(42)15-23-18-38(3)29-8-6-5-7-27(23)29)13-14-30(28)45-31(21)19-39(4)34(44)37-25-11-9-24(35)10-12-25/h5-14,16,18,21-22,31,41H,15,17,19-20H2,1-4H3,(H,36,42)(H,37,44)/t21-,22+,31+/m0/s1. The molecule has 11 heteroatoms. The SMILES string of the molecule is C[C@H](CO)N1C[C@H](C)[C@@H](CN(C)C(=O)Nc2ccc(F)cc2)Oc2ccc(NC(=O)Cc3cn(C)c4ccccc34)cc2C1=O. The molecule has 45 heavy (non-hydrogen) atoms. The quantitative estimate of drug-likeness (QED) is 0.261. The molecule has 0 radical (unpaired) electrons. The van der Waals surface area contributed by atoms with Gasteiger partial charge in [0.15, 0.2) is 0 Å². The van der Waals surface area contributed by atoms with Crippen LogP contribution in [0.3, 0.4) is 0 Å². The van der Waals surface area contributed by atoms with Gasteiger partial charge in [0.05, 0.1) is 31.2 Å². The molecule has 4 aromatic rings. The van der Waals surface area contributed by atoms with Gasteiger partial charge >= 0.3 is 6.03 Å². The maximum atomic E-state index is 13.8. The van der Waals surface area contributed by atoms with Crippen molar-refractivity contribution < 1.29 is 28.6 Å². The summed E-state index contributed by atoms with van der Waals surface area (Å²) in [5, 5.41) is 16.6. The molecule has 0 saturated heterocycles. The van der Waals surface area contributed by atoms with Gasteiger partial charge in [0.1, 0.15) is 17.7 Å². The highest BCUT2D eigenvalue weighted by atomic mass is 19.1. The Hall–Kier alpha value is -4.90. The normalized spacial score (nSPS) is 17.1. The Kier molecular flexibility index (Phi) is 9.38. The third-order valence-corrected chi connectivity index (χ3v) is 8.18. The minimum Gasteiger partial charge on any atom is -0.487 e. The fraction of sp³-hybridized carbons (Fsp3) is 0.324. The molecule has 0 unspecified atom stereocenters. The van der Waals surface area contributed by atoms with E-state index >= 15 is 0 Å². The highest BCUT2D eigenvalue weighted by Gasteiger charge is 2.34. The maximum absolute atomic E-state index is 13.8. The smallest absolute Gasteiger partial charge is 0.321 e. The Bertz CT molecular complexity index is 1710. The number of aryl methyl sites for hydroxylation is 1. The van der Waals surface area contributed by atoms with Crippen molar-refractivity contribution in [2.45, 2.75) is 32.4 Å². The lowest BCUT2D eigenvalue weighted by molar-refractivity contribution is -0.115. The van der Waals surface area contributed by atoms with E-state index < -0.39 is 24.0 Å². The molecule has 5 rings (SSSR count). The van der Waals surface area contributed by atoms with E-state index in [0.29, 0.717) is 17.1 Å². The maximum Gasteiger partial charge on any atom is 0.321 e. The van der Waals surface area contributed by atoms with Crippen molar-refractivity contribution in [2.24, 2.45) is 13.0 Å². The summed E-state index contributed by atoms with van der Waals surface area (Å²) in [7, 11) is 3.57. The number of hydrogen-bond donors (Lipinski definition) is 3. The van der Waals surface area contributed by atoms with Crippen LogP contribution in [0.2, 0.25) is 0 Å². The average molecular weight is 616 g/mol. The molecule has 2 heterocycles. The third-order valence-electron chi connectivity index (χ3n) is 8.18. The Morgan fingerprint density at radius 3 is 2.53 bits per heavy atom. The third kappa shape index (κ3) is 7.09. The zero-order chi connectivity index (χ0) is 32.2. The Morgan fingerprint density at radius 2 is 1.80 bits per heavy atom. The number of amides is 4. The van der Waals surface area contributed by atoms with E-state index in [1.165, 1.54) is 29.2 Å². The van der Waals surface area contributed by atoms with Gasteiger partial charge in [-0.25, -0.2) is 9.18 Å². The molecule has 10 nitrogen and oxygen atoms in total. The van der Waals surface area contributed by atoms with Crippen LogP contribution in [-0.4, -0.2) is 76.2 Å². The minimum absolute atomic E-state index is 0.155. The molecule has 1 aromatic heterocycles. The molecule has 4 amide bonds. The van der Waals surface area contributed by atoms with Crippen molar-refractivity contribution in [2.75, 3.05) is 37.4 Å². The van der Waals surface area contributed by atoms with Crippen molar-refractivity contribution in [3.63, 3.8) is 0 Å². The van der Waals surface area contributed by atoms with Gasteiger partial charge in [-0.1, -0.05) is 25.1 Å². The van der Waals surface area contributed by atoms with Crippen LogP contribution in [0.5, 0.6) is 5.75 Å². The van der Waals surface area contributed by atoms with Crippen LogP contribution in [0.25, 0.3) is 10.9 Å². The Morgan fingerprint density at radius 1 is 1.09 bits per heavy atom. The number of para-hydroxylation sites is 1. The number of aliphatic hydroxyl groups excluding tert-OH is 1. The summed E-state index contributed by atoms with van der Waals surface area (Å²) in [6.45, 7) is 3.91. The lowest BCUT2D eigenvalue weighted by atomic mass is 9.99. The first-order valence-electron chi connectivity index (χ1n) is 14.9. The van der Waals surface area contributed by atoms with Crippen LogP contribution in [0, 0.1) is 11.7 Å². The summed E-state index contributed by atoms with van der Waals surface area (Å²) >= 11 is 0. The van der Waals surface area contributed by atoms with Crippen molar-refractivity contribution in [1.82, 2.24) is 14.4 Å². The average Bonchev–Trinajstić information content (AvgIpc) is 3.34. The van der Waals surface area contributed by atoms with Crippen molar-refractivity contribution in [1.29, 1.82) is 0 Å². The van der Waals surface area contributed by atoms with Gasteiger partial charge in [-0.05, 0) is 61.0 Å². The molecule has 0 bridgehead atoms. The lowest BCUT2D eigenvalue weighted by Crippen LogP contribution is -2.50. The number of anilines is 2. The fourth-order valence-electron chi connectivity index (χ4n) is 5.57. The van der Waals surface area contributed by atoms with Crippen molar-refractivity contribution in [3.05, 3.63) is 89.9 Å². The van der Waals surface area contributed by atoms with Gasteiger partial charge in [0, 0.05) is 55.0 Å². The zero-order valence-electron chi connectivity index (χ0n) is 25.8. The van der Waals surface area contributed by atoms with Crippen molar-refractivity contribution >= 4 is 40.1 Å². The number of ether oxygens (including phenoxy) is 1. The summed E-state index contributed by atoms with van der Waals surface area (Å²) in [5.74, 6) is -0.861. The second-order valence-electron chi connectivity index (χ2n) is 11.7. The largest absolute Gasteiger partial charge is 0.487 e. The van der Waals surface area contributed by atoms with E-state index in [1.54, 1.807) is 37.1 Å². The number of fused-ring (bicyclic) bond motifs is 2. The number of rotatable bonds is 8. The monoisotopic (exact) mass is 615 g/mol. The second-order valence-corrected chi connectivity index (χ2v) is 11.7. The first-order chi connectivity index (χ1) is 21.5.